The van der Waals surface area contributed by atoms with Crippen LogP contribution in [0.2, 0.25) is 0 Å². The zero-order valence-electron chi connectivity index (χ0n) is 75.1. The first-order valence-corrected chi connectivity index (χ1v) is 50.5. The van der Waals surface area contributed by atoms with Gasteiger partial charge in [-0.3, -0.25) is 0 Å². The van der Waals surface area contributed by atoms with Crippen LogP contribution in [0.25, 0.3) is 22.9 Å². The average molecular weight is 2710 g/mol. The fourth-order valence-electron chi connectivity index (χ4n) is 7.82. The van der Waals surface area contributed by atoms with E-state index in [1.165, 1.54) is 91.3 Å². The third kappa shape index (κ3) is 181. The second-order valence-corrected chi connectivity index (χ2v) is 31.2. The van der Waals surface area contributed by atoms with Gasteiger partial charge in [0.15, 0.2) is 0 Å². The number of hydrogen-bond acceptors (Lipinski definition) is 28. The summed E-state index contributed by atoms with van der Waals surface area (Å²) in [6.07, 6.45) is 17.3. The smallest absolute Gasteiger partial charge is 2.00 e. The minimum atomic E-state index is -1.82. The maximum Gasteiger partial charge on any atom is 2.00 e. The predicted molar refractivity (Wildman–Crippen MR) is 464 cm³/mol. The topological polar surface area (TPSA) is 715 Å². The zero-order chi connectivity index (χ0) is 101. The molecule has 2 amide bonds. The molecule has 0 radical (unpaired) electrons. The van der Waals surface area contributed by atoms with E-state index in [0.29, 0.717) is 169 Å². The van der Waals surface area contributed by atoms with Crippen LogP contribution < -0.4 is 10.6 Å². The van der Waals surface area contributed by atoms with Crippen LogP contribution in [0.5, 0.6) is 0 Å². The minimum absolute atomic E-state index is 0. The molecule has 0 unspecified atom stereocenters. The van der Waals surface area contributed by atoms with E-state index < -0.39 is 105 Å². The van der Waals surface area contributed by atoms with Crippen LogP contribution in [0.15, 0.2) is 0 Å². The summed E-state index contributed by atoms with van der Waals surface area (Å²) in [6.45, 7) is 27.0. The number of rotatable bonds is 44. The minimum Gasteiger partial charge on any atom is 2.00 e. The summed E-state index contributed by atoms with van der Waals surface area (Å²) >= 11 is -0.944. The van der Waals surface area contributed by atoms with Crippen molar-refractivity contribution in [2.75, 3.05) is 228 Å². The van der Waals surface area contributed by atoms with Gasteiger partial charge in [0.1, 0.15) is 39.6 Å². The summed E-state index contributed by atoms with van der Waals surface area (Å²) in [5.41, 5.74) is 29.7. The van der Waals surface area contributed by atoms with E-state index in [1.807, 2.05) is 0 Å². The van der Waals surface area contributed by atoms with Gasteiger partial charge in [-0.15, -0.1) is 0 Å². The molecule has 4 saturated carbocycles. The fraction of sp³-hybridized carbons (Fsp3) is 0.789. The molecule has 4 rings (SSSR count). The van der Waals surface area contributed by atoms with Gasteiger partial charge in [-0.25, -0.2) is 57.5 Å². The van der Waals surface area contributed by atoms with Gasteiger partial charge in [-0.05, 0) is 13.8 Å². The molecular weight excluding hydrogens is 2560 g/mol. The number of hydrogen-bond donors (Lipinski definition) is 14. The zero-order valence-corrected chi connectivity index (χ0v) is 87.2. The van der Waals surface area contributed by atoms with Crippen LogP contribution >= 0.6 is 37.7 Å². The molecular formula is C76H146Cl4N6O40Pt4. The van der Waals surface area contributed by atoms with E-state index in [4.69, 9.17) is 198 Å². The van der Waals surface area contributed by atoms with Crippen molar-refractivity contribution in [1.29, 1.82) is 0 Å². The number of halogens is 4. The predicted octanol–water partition coefficient (Wildman–Crippen LogP) is 9.80. The van der Waals surface area contributed by atoms with Gasteiger partial charge in [-0.1, -0.05) is 103 Å². The second kappa shape index (κ2) is 134. The number of methoxy groups -OCH3 is 6. The maximum atomic E-state index is 9.95. The Morgan fingerprint density at radius 3 is 0.477 bits per heavy atom. The largest absolute Gasteiger partial charge is 2.00 e. The molecule has 4 fully saturated rings. The third-order valence-corrected chi connectivity index (χ3v) is 14.1. The molecule has 54 heteroatoms. The molecule has 0 saturated heterocycles. The SMILES string of the molecule is CCNC(=O)O.CCNC(=O)O.COCCOCC(=O)O.COCCOCC(=O)O.COCCOCCOCC(=O)O.COCCOCCOCC(=O)O.COCCOCCOCC(=O)O.COCCOCCOCC(=O)O.O=C(O)C(=O)O.O=C(O)C(=O)O.[CH2-][C@@H]1CCCC[C@H]1[NH-].[CH2-][C@@H]1CCCC[C@H]1[NH-].[CH2-][C@@H]1CCCC[C@H]1[NH-].[CH2-][C@@H]1CCCC[C@H]1[NH-].[Cl][Pt+2][Cl].[Cl][Pt+2][Cl].[Pt+2].[Pt+2]. The molecule has 4 aliphatic carbocycles. The summed E-state index contributed by atoms with van der Waals surface area (Å²) in [7, 11) is 28.9. The normalized spacial score (nSPS) is 16.5. The number of amides is 2. The van der Waals surface area contributed by atoms with Crippen molar-refractivity contribution in [2.45, 2.75) is 141 Å². The third-order valence-electron chi connectivity index (χ3n) is 14.1. The summed E-state index contributed by atoms with van der Waals surface area (Å²) in [6, 6.07) is 0.569. The van der Waals surface area contributed by atoms with Gasteiger partial charge in [0.25, 0.3) is 0 Å². The summed E-state index contributed by atoms with van der Waals surface area (Å²) in [5, 5.41) is 98.2. The number of carboxylic acid groups (broad SMARTS) is 12. The van der Waals surface area contributed by atoms with Crippen LogP contribution in [0.3, 0.4) is 0 Å². The Morgan fingerprint density at radius 1 is 0.269 bits per heavy atom. The summed E-state index contributed by atoms with van der Waals surface area (Å²) < 4.78 is 76.2. The first-order chi connectivity index (χ1) is 60.5. The average Bonchev–Trinajstić information content (AvgIpc) is 0.958. The van der Waals surface area contributed by atoms with Crippen LogP contribution in [-0.2, 0) is 199 Å². The van der Waals surface area contributed by atoms with Crippen molar-refractivity contribution < 1.29 is 270 Å². The molecule has 788 valence electrons. The fourth-order valence-corrected chi connectivity index (χ4v) is 7.82. The molecule has 0 aromatic rings. The first-order valence-electron chi connectivity index (χ1n) is 39.2. The maximum absolute atomic E-state index is 9.95. The number of ether oxygens (including phenoxy) is 16. The molecule has 8 atom stereocenters. The van der Waals surface area contributed by atoms with E-state index in [2.05, 4.69) is 57.3 Å². The van der Waals surface area contributed by atoms with Gasteiger partial charge in [0.05, 0.1) is 132 Å². The van der Waals surface area contributed by atoms with E-state index in [0.717, 1.165) is 25.7 Å². The van der Waals surface area contributed by atoms with Gasteiger partial charge >= 0.3 is 185 Å². The molecule has 18 N–H and O–H groups in total. The van der Waals surface area contributed by atoms with Crippen molar-refractivity contribution in [3.8, 4) is 0 Å². The van der Waals surface area contributed by atoms with Crippen molar-refractivity contribution in [3.05, 3.63) is 50.6 Å². The molecule has 0 spiro atoms. The molecule has 130 heavy (non-hydrogen) atoms. The standard InChI is InChI=1S/4C7H13N.4C7H14O5.2C5H10O4.2C3H7NO2.2C2H2O4.4ClH.4Pt/c4*1-6-4-2-3-5-7(6)8;4*1-10-2-3-11-4-5-12-6-7(8)9;2*1-8-2-3-9-4-5(6)7;2*1-2-4-3(5)6;2*3-1(4)2(5)6;;;;;;;;/h4*6-8H,1-5H2;4*2-6H2,1H3,(H,8,9);2*2-4H2,1H3,(H,6,7);2*4H,2H2,1H3,(H,5,6);2*(H,3,4)(H,5,6);4*1H;;;;/q4*-2;;;;;;;;;;;;;;;2*+2;2*+4/p-4/t4*6-,7-;;;;;;;;;;;;;;;;;;/m1111................../s1. The Kier molecular flexibility index (Phi) is 162. The summed E-state index contributed by atoms with van der Waals surface area (Å²) in [5.74, 6) is -11.4. The molecule has 0 bridgehead atoms. The molecule has 0 aromatic carbocycles. The summed E-state index contributed by atoms with van der Waals surface area (Å²) in [4.78, 5) is 115. The van der Waals surface area contributed by atoms with Crippen LogP contribution in [0.1, 0.15) is 117 Å². The van der Waals surface area contributed by atoms with E-state index in [-0.39, 0.29) is 106 Å². The Balaban J connectivity index is -0.0000000928. The number of carboxylic acids is 10. The Morgan fingerprint density at radius 2 is 0.392 bits per heavy atom. The van der Waals surface area contributed by atoms with Gasteiger partial charge in [-0.2, -0.15) is 47.8 Å². The quantitative estimate of drug-likeness (QED) is 0.0153. The Hall–Kier alpha value is -3.65. The van der Waals surface area contributed by atoms with Gasteiger partial charge < -0.3 is 198 Å². The van der Waals surface area contributed by atoms with Crippen molar-refractivity contribution in [2.24, 2.45) is 23.7 Å². The van der Waals surface area contributed by atoms with Crippen LogP contribution in [0.4, 0.5) is 9.59 Å². The van der Waals surface area contributed by atoms with E-state index in [1.54, 1.807) is 42.3 Å². The number of carbonyl (C=O) groups is 12. The molecule has 46 nitrogen and oxygen atoms in total. The molecule has 0 aromatic heterocycles. The van der Waals surface area contributed by atoms with Crippen LogP contribution in [0, 0.1) is 51.4 Å². The van der Waals surface area contributed by atoms with Gasteiger partial charge in [0.2, 0.25) is 0 Å². The second-order valence-electron chi connectivity index (χ2n) is 24.7. The number of nitrogens with one attached hydrogen (secondary N) is 6. The molecule has 4 aliphatic rings. The van der Waals surface area contributed by atoms with Gasteiger partial charge in [0, 0.05) is 55.7 Å². The monoisotopic (exact) mass is 2700 g/mol. The number of aliphatic carboxylic acids is 10. The van der Waals surface area contributed by atoms with Crippen molar-refractivity contribution >= 4 is 110 Å². The first kappa shape index (κ1) is 157. The molecule has 0 heterocycles. The Bertz CT molecular complexity index is 2170. The van der Waals surface area contributed by atoms with E-state index >= 15 is 0 Å². The molecule has 0 aliphatic heterocycles. The van der Waals surface area contributed by atoms with Crippen molar-refractivity contribution in [3.63, 3.8) is 0 Å². The van der Waals surface area contributed by atoms with Crippen LogP contribution in [-0.4, -0.2) is 385 Å². The van der Waals surface area contributed by atoms with Crippen molar-refractivity contribution in [1.82, 2.24) is 10.6 Å². The van der Waals surface area contributed by atoms with E-state index in [9.17, 15) is 38.4 Å². The Labute approximate surface area is 826 Å².